The minimum Gasteiger partial charge on any atom is -0.367 e. The second kappa shape index (κ2) is 3.70. The van der Waals surface area contributed by atoms with Crippen molar-refractivity contribution in [3.05, 3.63) is 23.2 Å². The summed E-state index contributed by atoms with van der Waals surface area (Å²) >= 11 is 1.60. The van der Waals surface area contributed by atoms with Gasteiger partial charge in [0.15, 0.2) is 0 Å². The Morgan fingerprint density at radius 2 is 2.18 bits per heavy atom. The highest BCUT2D eigenvalue weighted by Gasteiger charge is 2.16. The highest BCUT2D eigenvalue weighted by Crippen LogP contribution is 2.29. The van der Waals surface area contributed by atoms with E-state index in [1.165, 1.54) is 11.1 Å². The molecule has 7 heteroatoms. The van der Waals surface area contributed by atoms with Gasteiger partial charge in [-0.25, -0.2) is 0 Å². The summed E-state index contributed by atoms with van der Waals surface area (Å²) in [5, 5.41) is 7.46. The first-order valence-electron chi connectivity index (χ1n) is 4.85. The summed E-state index contributed by atoms with van der Waals surface area (Å²) in [4.78, 5) is 6.39. The van der Waals surface area contributed by atoms with Crippen LogP contribution in [0.3, 0.4) is 0 Å². The zero-order valence-electron chi connectivity index (χ0n) is 8.88. The first-order valence-corrected chi connectivity index (χ1v) is 5.67. The molecule has 3 aromatic heterocycles. The summed E-state index contributed by atoms with van der Waals surface area (Å²) in [6, 6.07) is 3.95. The van der Waals surface area contributed by atoms with Crippen LogP contribution in [0.2, 0.25) is 0 Å². The van der Waals surface area contributed by atoms with Crippen molar-refractivity contribution < 1.29 is 9.05 Å². The molecule has 0 aromatic carbocycles. The van der Waals surface area contributed by atoms with Crippen molar-refractivity contribution in [1.29, 1.82) is 0 Å². The average Bonchev–Trinajstić information content (AvgIpc) is 2.97. The highest BCUT2D eigenvalue weighted by atomic mass is 32.1. The van der Waals surface area contributed by atoms with E-state index >= 15 is 0 Å². The largest absolute Gasteiger partial charge is 0.367 e. The maximum atomic E-state index is 5.57. The zero-order valence-corrected chi connectivity index (χ0v) is 9.69. The maximum Gasteiger partial charge on any atom is 0.265 e. The lowest BCUT2D eigenvalue weighted by molar-refractivity contribution is 0.428. The summed E-state index contributed by atoms with van der Waals surface area (Å²) in [6.45, 7) is 2.02. The van der Waals surface area contributed by atoms with E-state index in [4.69, 9.17) is 14.8 Å². The monoisotopic (exact) mass is 248 g/mol. The highest BCUT2D eigenvalue weighted by molar-refractivity contribution is 7.15. The van der Waals surface area contributed by atoms with Crippen molar-refractivity contribution in [3.8, 4) is 22.2 Å². The number of hydrogen-bond donors (Lipinski definition) is 1. The Morgan fingerprint density at radius 3 is 2.82 bits per heavy atom. The fraction of sp³-hybridized carbons (Fsp3) is 0.100. The molecule has 86 valence electrons. The Morgan fingerprint density at radius 1 is 1.29 bits per heavy atom. The minimum atomic E-state index is 0.169. The molecule has 0 radical (unpaired) electrons. The molecule has 0 aliphatic rings. The van der Waals surface area contributed by atoms with Gasteiger partial charge < -0.3 is 14.8 Å². The Hall–Kier alpha value is -2.15. The number of aromatic nitrogens is 3. The molecule has 0 aliphatic carbocycles. The molecule has 0 atom stereocenters. The van der Waals surface area contributed by atoms with Crippen molar-refractivity contribution in [3.63, 3.8) is 0 Å². The molecule has 0 saturated heterocycles. The number of nitrogen functional groups attached to an aromatic ring is 1. The maximum absolute atomic E-state index is 5.57. The Kier molecular flexibility index (Phi) is 2.19. The fourth-order valence-corrected chi connectivity index (χ4v) is 2.19. The number of aryl methyl sites for hydroxylation is 1. The molecule has 6 nitrogen and oxygen atoms in total. The smallest absolute Gasteiger partial charge is 0.265 e. The van der Waals surface area contributed by atoms with Crippen LogP contribution in [-0.4, -0.2) is 15.3 Å². The van der Waals surface area contributed by atoms with Crippen molar-refractivity contribution in [2.24, 2.45) is 0 Å². The number of hydrogen-bond acceptors (Lipinski definition) is 7. The van der Waals surface area contributed by atoms with Crippen LogP contribution in [0.4, 0.5) is 5.88 Å². The van der Waals surface area contributed by atoms with Crippen LogP contribution in [0.15, 0.2) is 27.4 Å². The average molecular weight is 248 g/mol. The molecule has 0 saturated carbocycles. The van der Waals surface area contributed by atoms with Gasteiger partial charge in [0.05, 0.1) is 11.1 Å². The number of nitrogens with zero attached hydrogens (tertiary/aromatic N) is 3. The molecule has 3 rings (SSSR count). The summed E-state index contributed by atoms with van der Waals surface area (Å²) in [5.74, 6) is 1.02. The van der Waals surface area contributed by atoms with E-state index in [9.17, 15) is 0 Å². The molecule has 3 heterocycles. The molecular formula is C10H8N4O2S. The van der Waals surface area contributed by atoms with Crippen LogP contribution in [0, 0.1) is 6.92 Å². The van der Waals surface area contributed by atoms with Gasteiger partial charge in [-0.05, 0) is 19.1 Å². The Bertz CT molecular complexity index is 655. The Balaban J connectivity index is 2.01. The summed E-state index contributed by atoms with van der Waals surface area (Å²) in [5.41, 5.74) is 6.08. The minimum absolute atomic E-state index is 0.169. The normalized spacial score (nSPS) is 10.9. The number of thiophene rings is 1. The van der Waals surface area contributed by atoms with Crippen LogP contribution in [-0.2, 0) is 0 Å². The van der Waals surface area contributed by atoms with E-state index in [1.54, 1.807) is 11.3 Å². The first-order chi connectivity index (χ1) is 8.24. The van der Waals surface area contributed by atoms with E-state index in [2.05, 4.69) is 15.3 Å². The van der Waals surface area contributed by atoms with E-state index in [1.807, 2.05) is 19.1 Å². The second-order valence-electron chi connectivity index (χ2n) is 3.44. The molecule has 0 fully saturated rings. The number of rotatable bonds is 2. The number of anilines is 1. The van der Waals surface area contributed by atoms with E-state index in [-0.39, 0.29) is 5.88 Å². The molecule has 3 aromatic rings. The van der Waals surface area contributed by atoms with Crippen molar-refractivity contribution in [2.75, 3.05) is 5.73 Å². The van der Waals surface area contributed by atoms with Crippen molar-refractivity contribution in [1.82, 2.24) is 15.3 Å². The molecule has 17 heavy (non-hydrogen) atoms. The van der Waals surface area contributed by atoms with Gasteiger partial charge in [0.1, 0.15) is 5.56 Å². The van der Waals surface area contributed by atoms with Gasteiger partial charge >= 0.3 is 0 Å². The van der Waals surface area contributed by atoms with Crippen molar-refractivity contribution >= 4 is 17.2 Å². The van der Waals surface area contributed by atoms with Gasteiger partial charge in [0.25, 0.3) is 5.89 Å². The van der Waals surface area contributed by atoms with Gasteiger partial charge in [-0.1, -0.05) is 10.3 Å². The standard InChI is InChI=1S/C10H8N4O2S/c1-5-2-3-7(17-5)9-13-10(16-14-9)6-4-12-15-8(6)11/h2-4H,11H2,1H3. The van der Waals surface area contributed by atoms with Gasteiger partial charge in [-0.3, -0.25) is 0 Å². The SMILES string of the molecule is Cc1ccc(-c2noc(-c3cnoc3N)n2)s1. The Labute approximate surface area is 100 Å². The summed E-state index contributed by atoms with van der Waals surface area (Å²) in [7, 11) is 0. The van der Waals surface area contributed by atoms with E-state index < -0.39 is 0 Å². The third-order valence-corrected chi connectivity index (χ3v) is 3.21. The molecule has 0 amide bonds. The lowest BCUT2D eigenvalue weighted by Gasteiger charge is -1.85. The second-order valence-corrected chi connectivity index (χ2v) is 4.73. The van der Waals surface area contributed by atoms with E-state index in [0.717, 1.165) is 4.88 Å². The predicted octanol–water partition coefficient (Wildman–Crippen LogP) is 2.34. The van der Waals surface area contributed by atoms with Crippen LogP contribution in [0.5, 0.6) is 0 Å². The van der Waals surface area contributed by atoms with Gasteiger partial charge in [-0.15, -0.1) is 11.3 Å². The summed E-state index contributed by atoms with van der Waals surface area (Å²) < 4.78 is 9.86. The van der Waals surface area contributed by atoms with Crippen LogP contribution in [0.1, 0.15) is 4.88 Å². The fourth-order valence-electron chi connectivity index (χ4n) is 1.40. The lowest BCUT2D eigenvalue weighted by Crippen LogP contribution is -1.84. The molecular weight excluding hydrogens is 240 g/mol. The van der Waals surface area contributed by atoms with Gasteiger partial charge in [0.2, 0.25) is 11.7 Å². The van der Waals surface area contributed by atoms with Gasteiger partial charge in [-0.2, -0.15) is 4.98 Å². The zero-order chi connectivity index (χ0) is 11.8. The lowest BCUT2D eigenvalue weighted by atomic mass is 10.3. The molecule has 2 N–H and O–H groups in total. The predicted molar refractivity (Wildman–Crippen MR) is 62.3 cm³/mol. The third kappa shape index (κ3) is 1.70. The molecule has 0 unspecified atom stereocenters. The summed E-state index contributed by atoms with van der Waals surface area (Å²) in [6.07, 6.45) is 1.45. The topological polar surface area (TPSA) is 91.0 Å². The molecule has 0 bridgehead atoms. The molecule has 0 spiro atoms. The van der Waals surface area contributed by atoms with Crippen LogP contribution >= 0.6 is 11.3 Å². The van der Waals surface area contributed by atoms with Crippen LogP contribution < -0.4 is 5.73 Å². The number of nitrogens with two attached hydrogens (primary N) is 1. The molecule has 0 aliphatic heterocycles. The third-order valence-electron chi connectivity index (χ3n) is 2.22. The van der Waals surface area contributed by atoms with Gasteiger partial charge in [0, 0.05) is 4.88 Å². The van der Waals surface area contributed by atoms with Crippen LogP contribution in [0.25, 0.3) is 22.2 Å². The van der Waals surface area contributed by atoms with Crippen molar-refractivity contribution in [2.45, 2.75) is 6.92 Å². The van der Waals surface area contributed by atoms with E-state index in [0.29, 0.717) is 17.3 Å². The quantitative estimate of drug-likeness (QED) is 0.748. The first kappa shape index (κ1) is 10.0.